The Kier molecular flexibility index (Phi) is 16.6. The lowest BCUT2D eigenvalue weighted by Crippen LogP contribution is -2.31. The monoisotopic (exact) mass is 928 g/mol. The zero-order valence-corrected chi connectivity index (χ0v) is 41.3. The van der Waals surface area contributed by atoms with Crippen LogP contribution >= 0.6 is 0 Å². The van der Waals surface area contributed by atoms with E-state index in [4.69, 9.17) is 0 Å². The summed E-state index contributed by atoms with van der Waals surface area (Å²) in [6.45, 7) is 22.6. The average molecular weight is 929 g/mol. The summed E-state index contributed by atoms with van der Waals surface area (Å²) >= 11 is 0. The number of carbonyl (C=O) groups is 4. The number of hydrogen-bond donors (Lipinski definition) is 5. The van der Waals surface area contributed by atoms with Crippen molar-refractivity contribution >= 4 is 45.3 Å². The number of carbonyl (C=O) groups excluding carboxylic acids is 4. The molecule has 0 fully saturated rings. The Balaban J connectivity index is 0.000000142. The van der Waals surface area contributed by atoms with Crippen molar-refractivity contribution in [3.8, 4) is 0 Å². The zero-order valence-electron chi connectivity index (χ0n) is 41.3. The molecule has 4 amide bonds. The van der Waals surface area contributed by atoms with E-state index in [1.807, 2.05) is 60.7 Å². The van der Waals surface area contributed by atoms with Crippen LogP contribution in [0.4, 0.5) is 0 Å². The van der Waals surface area contributed by atoms with Crippen molar-refractivity contribution in [1.82, 2.24) is 30.9 Å². The van der Waals surface area contributed by atoms with Crippen LogP contribution in [-0.2, 0) is 13.0 Å². The van der Waals surface area contributed by atoms with Crippen molar-refractivity contribution in [1.29, 1.82) is 0 Å². The first kappa shape index (κ1) is 50.9. The molecule has 12 nitrogen and oxygen atoms in total. The summed E-state index contributed by atoms with van der Waals surface area (Å²) in [5.74, 6) is 1.79. The van der Waals surface area contributed by atoms with Crippen LogP contribution in [0, 0.1) is 0 Å². The highest BCUT2D eigenvalue weighted by atomic mass is 16.2. The molecule has 0 aliphatic carbocycles. The fourth-order valence-corrected chi connectivity index (χ4v) is 7.93. The third-order valence-electron chi connectivity index (χ3n) is 12.4. The first-order valence-electron chi connectivity index (χ1n) is 23.7. The summed E-state index contributed by atoms with van der Waals surface area (Å²) in [6.07, 6.45) is 4.07. The topological polar surface area (TPSA) is 183 Å². The highest BCUT2D eigenvalue weighted by Gasteiger charge is 2.27. The van der Waals surface area contributed by atoms with E-state index in [2.05, 4.69) is 124 Å². The fourth-order valence-electron chi connectivity index (χ4n) is 7.93. The van der Waals surface area contributed by atoms with Gasteiger partial charge < -0.3 is 20.6 Å². The molecule has 5 N–H and O–H groups in total. The SMILES string of the molecule is CC(C)c1ccc2c(c1)C(=O)NC2.CC(C)c1ccc2c(c1)C(=O)NC2=O.CC(C)c1ccc2c(c1)C(=O)NCC2.CC(C)c1ccc2cc[nH]c(=O)c2c1.CC(C)c1ccc2nc[nH]c(=O)c2c1. The number of aromatic nitrogens is 3. The number of nitrogens with one attached hydrogen (secondary N) is 5. The number of nitrogens with zero attached hydrogens (tertiary/aromatic N) is 1. The maximum Gasteiger partial charge on any atom is 0.258 e. The van der Waals surface area contributed by atoms with Gasteiger partial charge in [-0.1, -0.05) is 118 Å². The number of rotatable bonds is 5. The number of H-pyrrole nitrogens is 2. The molecule has 69 heavy (non-hydrogen) atoms. The van der Waals surface area contributed by atoms with Gasteiger partial charge in [0.05, 0.1) is 28.4 Å². The second-order valence-electron chi connectivity index (χ2n) is 19.0. The van der Waals surface area contributed by atoms with Gasteiger partial charge in [-0.25, -0.2) is 4.98 Å². The van der Waals surface area contributed by atoms with Crippen molar-refractivity contribution < 1.29 is 19.2 Å². The van der Waals surface area contributed by atoms with Crippen molar-refractivity contribution in [2.75, 3.05) is 6.54 Å². The van der Waals surface area contributed by atoms with Gasteiger partial charge in [-0.15, -0.1) is 0 Å². The lowest BCUT2D eigenvalue weighted by Gasteiger charge is -2.18. The summed E-state index contributed by atoms with van der Waals surface area (Å²) < 4.78 is 0. The second kappa shape index (κ2) is 22.6. The highest BCUT2D eigenvalue weighted by Crippen LogP contribution is 2.25. The van der Waals surface area contributed by atoms with Gasteiger partial charge in [-0.05, 0) is 129 Å². The number of imide groups is 1. The summed E-state index contributed by atoms with van der Waals surface area (Å²) in [6, 6.07) is 31.6. The van der Waals surface area contributed by atoms with E-state index in [9.17, 15) is 28.8 Å². The summed E-state index contributed by atoms with van der Waals surface area (Å²) in [7, 11) is 0. The van der Waals surface area contributed by atoms with Crippen LogP contribution < -0.4 is 27.1 Å². The van der Waals surface area contributed by atoms with Crippen molar-refractivity contribution in [3.05, 3.63) is 191 Å². The molecule has 12 heteroatoms. The number of hydrogen-bond acceptors (Lipinski definition) is 7. The van der Waals surface area contributed by atoms with Gasteiger partial charge in [0.1, 0.15) is 0 Å². The Morgan fingerprint density at radius 2 is 0.913 bits per heavy atom. The minimum absolute atomic E-state index is 0.00926. The molecular formula is C57H64N6O6. The first-order chi connectivity index (χ1) is 32.8. The Morgan fingerprint density at radius 1 is 0.435 bits per heavy atom. The van der Waals surface area contributed by atoms with Crippen molar-refractivity contribution in [2.45, 2.75) is 112 Å². The number of aromatic amines is 2. The van der Waals surface area contributed by atoms with Crippen LogP contribution in [0.1, 0.15) is 179 Å². The van der Waals surface area contributed by atoms with Crippen LogP contribution in [0.25, 0.3) is 21.7 Å². The largest absolute Gasteiger partial charge is 0.352 e. The molecule has 2 aromatic heterocycles. The van der Waals surface area contributed by atoms with E-state index < -0.39 is 0 Å². The standard InChI is InChI=1S/C12H15NO.C12H13NO.C11H12N2O.C11H11NO2.C11H13NO/c2*1-8(2)10-4-3-9-5-6-13-12(14)11(9)7-10;1-7(2)8-3-4-10-9(5-8)11(14)13-6-12-10;1-6(2)7-3-4-8-9(5-7)11(14)12-10(8)13;1-7(2)8-3-4-9-6-12-11(13)10(9)5-8/h3-4,7-8H,5-6H2,1-2H3,(H,13,14);3-8H,1-2H3,(H,13,14);3-7H,1-2H3,(H,12,13,14);3-6H,1-2H3,(H,12,13,14);3-5,7H,6H2,1-2H3,(H,12,13). The van der Waals surface area contributed by atoms with Gasteiger partial charge in [-0.2, -0.15) is 0 Å². The second-order valence-corrected chi connectivity index (χ2v) is 19.0. The molecule has 5 heterocycles. The average Bonchev–Trinajstić information content (AvgIpc) is 3.85. The van der Waals surface area contributed by atoms with Crippen LogP contribution in [-0.4, -0.2) is 45.1 Å². The molecule has 5 aromatic carbocycles. The Labute approximate surface area is 403 Å². The maximum atomic E-state index is 11.5. The van der Waals surface area contributed by atoms with Crippen LogP contribution in [0.2, 0.25) is 0 Å². The van der Waals surface area contributed by atoms with Crippen LogP contribution in [0.3, 0.4) is 0 Å². The highest BCUT2D eigenvalue weighted by molar-refractivity contribution is 6.21. The molecule has 0 bridgehead atoms. The molecule has 0 saturated heterocycles. The molecule has 7 aromatic rings. The third-order valence-corrected chi connectivity index (χ3v) is 12.4. The minimum atomic E-state index is -0.291. The van der Waals surface area contributed by atoms with E-state index in [0.29, 0.717) is 52.6 Å². The lowest BCUT2D eigenvalue weighted by atomic mass is 9.94. The van der Waals surface area contributed by atoms with Gasteiger partial charge in [0, 0.05) is 35.8 Å². The molecule has 0 unspecified atom stereocenters. The van der Waals surface area contributed by atoms with Gasteiger partial charge in [0.2, 0.25) is 0 Å². The third kappa shape index (κ3) is 12.6. The number of benzene rings is 5. The number of amides is 4. The Bertz CT molecular complexity index is 3050. The Morgan fingerprint density at radius 3 is 1.54 bits per heavy atom. The number of pyridine rings is 1. The van der Waals surface area contributed by atoms with Crippen molar-refractivity contribution in [3.63, 3.8) is 0 Å². The fraction of sp³-hybridized carbons (Fsp3) is 0.316. The predicted octanol–water partition coefficient (Wildman–Crippen LogP) is 10.5. The van der Waals surface area contributed by atoms with E-state index in [1.165, 1.54) is 28.6 Å². The quantitative estimate of drug-likeness (QED) is 0.106. The summed E-state index contributed by atoms with van der Waals surface area (Å²) in [5.41, 5.74) is 11.6. The van der Waals surface area contributed by atoms with E-state index in [-0.39, 0.29) is 34.7 Å². The first-order valence-corrected chi connectivity index (χ1v) is 23.7. The minimum Gasteiger partial charge on any atom is -0.352 e. The van der Waals surface area contributed by atoms with Crippen LogP contribution in [0.5, 0.6) is 0 Å². The van der Waals surface area contributed by atoms with E-state index in [0.717, 1.165) is 57.1 Å². The van der Waals surface area contributed by atoms with E-state index >= 15 is 0 Å². The van der Waals surface area contributed by atoms with Gasteiger partial charge >= 0.3 is 0 Å². The summed E-state index contributed by atoms with van der Waals surface area (Å²) in [5, 5.41) is 10.4. The molecule has 358 valence electrons. The lowest BCUT2D eigenvalue weighted by molar-refractivity contribution is 0.0876. The maximum absolute atomic E-state index is 11.5. The molecule has 0 atom stereocenters. The van der Waals surface area contributed by atoms with Crippen LogP contribution in [0.15, 0.2) is 119 Å². The van der Waals surface area contributed by atoms with Gasteiger partial charge in [0.25, 0.3) is 34.7 Å². The Hall–Kier alpha value is -7.47. The molecule has 0 radical (unpaired) electrons. The van der Waals surface area contributed by atoms with Crippen molar-refractivity contribution in [2.24, 2.45) is 0 Å². The summed E-state index contributed by atoms with van der Waals surface area (Å²) in [4.78, 5) is 77.7. The number of fused-ring (bicyclic) bond motifs is 5. The molecule has 10 rings (SSSR count). The van der Waals surface area contributed by atoms with Gasteiger partial charge in [-0.3, -0.25) is 34.1 Å². The molecule has 0 spiro atoms. The molecular weight excluding hydrogens is 865 g/mol. The normalized spacial score (nSPS) is 13.3. The predicted molar refractivity (Wildman–Crippen MR) is 276 cm³/mol. The zero-order chi connectivity index (χ0) is 50.1. The van der Waals surface area contributed by atoms with Gasteiger partial charge in [0.15, 0.2) is 0 Å². The van der Waals surface area contributed by atoms with E-state index in [1.54, 1.807) is 18.3 Å². The smallest absolute Gasteiger partial charge is 0.258 e. The molecule has 0 saturated carbocycles. The molecule has 3 aliphatic heterocycles. The molecule has 3 aliphatic rings.